The topological polar surface area (TPSA) is 102 Å². The second kappa shape index (κ2) is 13.3. The predicted molar refractivity (Wildman–Crippen MR) is 148 cm³/mol. The number of carbonyl (C=O) groups excluding carboxylic acids is 1. The van der Waals surface area contributed by atoms with Crippen LogP contribution in [-0.2, 0) is 11.2 Å². The van der Waals surface area contributed by atoms with Gasteiger partial charge in [-0.25, -0.2) is 14.2 Å². The molecule has 0 aliphatic rings. The minimum absolute atomic E-state index is 0.114. The standard InChI is InChI=1S/C27H32FN5O4S/c1-8-18-13-21(23(28)22(14-18)36-16(2)15-33(4)5)24(26(38-7)31-27(34)35-6)30-20-11-9-19(10-12-20)25-29-17(3)37-32-25/h9-14,16H,8,15H2,1-7H3/b30-24?,31-26-. The summed E-state index contributed by atoms with van der Waals surface area (Å²) in [5, 5.41) is 4.13. The fourth-order valence-corrected chi connectivity index (χ4v) is 4.18. The van der Waals surface area contributed by atoms with Crippen molar-refractivity contribution in [1.29, 1.82) is 0 Å². The van der Waals surface area contributed by atoms with Crippen molar-refractivity contribution < 1.29 is 23.2 Å². The van der Waals surface area contributed by atoms with Crippen LogP contribution < -0.4 is 4.74 Å². The van der Waals surface area contributed by atoms with Crippen LogP contribution in [0, 0.1) is 12.7 Å². The van der Waals surface area contributed by atoms with E-state index in [1.54, 1.807) is 49.6 Å². The van der Waals surface area contributed by atoms with E-state index in [0.717, 1.165) is 22.9 Å². The maximum atomic E-state index is 16.0. The molecule has 202 valence electrons. The molecule has 0 bridgehead atoms. The van der Waals surface area contributed by atoms with Crippen LogP contribution in [0.2, 0.25) is 0 Å². The molecule has 0 saturated carbocycles. The molecule has 2 aromatic carbocycles. The number of hydrogen-bond donors (Lipinski definition) is 0. The highest BCUT2D eigenvalue weighted by molar-refractivity contribution is 8.15. The van der Waals surface area contributed by atoms with Crippen molar-refractivity contribution >= 4 is 34.3 Å². The molecule has 0 saturated heterocycles. The van der Waals surface area contributed by atoms with Gasteiger partial charge in [0.25, 0.3) is 0 Å². The van der Waals surface area contributed by atoms with E-state index in [1.807, 2.05) is 32.8 Å². The van der Waals surface area contributed by atoms with E-state index in [4.69, 9.17) is 19.0 Å². The number of nitrogens with zero attached hydrogens (tertiary/aromatic N) is 5. The van der Waals surface area contributed by atoms with Crippen LogP contribution in [0.25, 0.3) is 11.4 Å². The molecule has 1 aromatic heterocycles. The number of likely N-dealkylation sites (N-methyl/N-ethyl adjacent to an activating group) is 1. The van der Waals surface area contributed by atoms with Crippen LogP contribution in [0.5, 0.6) is 5.75 Å². The summed E-state index contributed by atoms with van der Waals surface area (Å²) < 4.78 is 31.8. The molecule has 1 atom stereocenters. The molecule has 9 nitrogen and oxygen atoms in total. The summed E-state index contributed by atoms with van der Waals surface area (Å²) in [4.78, 5) is 27.0. The first-order chi connectivity index (χ1) is 18.1. The Morgan fingerprint density at radius 2 is 1.95 bits per heavy atom. The largest absolute Gasteiger partial charge is 0.486 e. The number of amides is 1. The van der Waals surface area contributed by atoms with Gasteiger partial charge < -0.3 is 18.9 Å². The Balaban J connectivity index is 2.15. The van der Waals surface area contributed by atoms with Crippen molar-refractivity contribution in [2.24, 2.45) is 9.98 Å². The fraction of sp³-hybridized carbons (Fsp3) is 0.370. The molecule has 1 heterocycles. The Labute approximate surface area is 226 Å². The normalized spacial score (nSPS) is 13.1. The minimum atomic E-state index is -0.812. The number of aromatic nitrogens is 2. The van der Waals surface area contributed by atoms with Crippen molar-refractivity contribution in [3.8, 4) is 17.1 Å². The number of benzene rings is 2. The van der Waals surface area contributed by atoms with Crippen molar-refractivity contribution in [2.45, 2.75) is 33.3 Å². The monoisotopic (exact) mass is 541 g/mol. The number of thioether (sulfide) groups is 1. The molecule has 1 unspecified atom stereocenters. The number of methoxy groups -OCH3 is 1. The molecule has 0 spiro atoms. The molecule has 0 fully saturated rings. The number of ether oxygens (including phenoxy) is 2. The van der Waals surface area contributed by atoms with E-state index >= 15 is 4.39 Å². The van der Waals surface area contributed by atoms with Crippen LogP contribution in [0.1, 0.15) is 30.9 Å². The zero-order valence-electron chi connectivity index (χ0n) is 22.6. The van der Waals surface area contributed by atoms with Gasteiger partial charge in [-0.3, -0.25) is 0 Å². The van der Waals surface area contributed by atoms with Crippen molar-refractivity contribution in [3.63, 3.8) is 0 Å². The lowest BCUT2D eigenvalue weighted by Gasteiger charge is -2.21. The van der Waals surface area contributed by atoms with Crippen LogP contribution in [0.3, 0.4) is 0 Å². The van der Waals surface area contributed by atoms with Gasteiger partial charge in [0.05, 0.1) is 12.8 Å². The third-order valence-corrected chi connectivity index (χ3v) is 6.04. The number of carbonyl (C=O) groups is 1. The number of aliphatic imine (C=N–C) groups is 2. The third kappa shape index (κ3) is 7.48. The van der Waals surface area contributed by atoms with E-state index < -0.39 is 11.9 Å². The van der Waals surface area contributed by atoms with E-state index in [0.29, 0.717) is 30.4 Å². The Kier molecular flexibility index (Phi) is 10.1. The van der Waals surface area contributed by atoms with Gasteiger partial charge in [-0.05, 0) is 75.7 Å². The molecule has 1 amide bonds. The summed E-state index contributed by atoms with van der Waals surface area (Å²) in [6, 6.07) is 10.5. The van der Waals surface area contributed by atoms with Gasteiger partial charge in [0.15, 0.2) is 11.6 Å². The molecule has 0 radical (unpaired) electrons. The molecule has 3 aromatic rings. The Hall–Kier alpha value is -3.57. The van der Waals surface area contributed by atoms with Gasteiger partial charge in [0.1, 0.15) is 16.9 Å². The highest BCUT2D eigenvalue weighted by Crippen LogP contribution is 2.29. The van der Waals surface area contributed by atoms with Crippen LogP contribution in [-0.4, -0.2) is 72.0 Å². The highest BCUT2D eigenvalue weighted by Gasteiger charge is 2.23. The molecular formula is C27H32FN5O4S. The maximum absolute atomic E-state index is 16.0. The zero-order chi connectivity index (χ0) is 27.8. The number of rotatable bonds is 9. The lowest BCUT2D eigenvalue weighted by Crippen LogP contribution is -2.28. The second-order valence-corrected chi connectivity index (χ2v) is 9.53. The average Bonchev–Trinajstić information content (AvgIpc) is 3.33. The quantitative estimate of drug-likeness (QED) is 0.250. The molecule has 38 heavy (non-hydrogen) atoms. The van der Waals surface area contributed by atoms with Crippen molar-refractivity contribution in [3.05, 3.63) is 59.2 Å². The fourth-order valence-electron chi connectivity index (χ4n) is 3.66. The van der Waals surface area contributed by atoms with E-state index in [1.165, 1.54) is 7.11 Å². The molecule has 11 heteroatoms. The summed E-state index contributed by atoms with van der Waals surface area (Å²) in [6.07, 6.45) is 1.30. The number of aryl methyl sites for hydroxylation is 2. The van der Waals surface area contributed by atoms with Gasteiger partial charge in [-0.15, -0.1) is 11.8 Å². The Bertz CT molecular complexity index is 1320. The van der Waals surface area contributed by atoms with Crippen LogP contribution >= 0.6 is 11.8 Å². The van der Waals surface area contributed by atoms with Crippen molar-refractivity contribution in [2.75, 3.05) is 34.0 Å². The average molecular weight is 542 g/mol. The summed E-state index contributed by atoms with van der Waals surface area (Å²) >= 11 is 1.16. The van der Waals surface area contributed by atoms with Gasteiger partial charge in [-0.2, -0.15) is 9.98 Å². The Morgan fingerprint density at radius 3 is 2.50 bits per heavy atom. The molecule has 0 aliphatic carbocycles. The van der Waals surface area contributed by atoms with Gasteiger partial charge in [0.2, 0.25) is 11.7 Å². The first kappa shape index (κ1) is 29.0. The zero-order valence-corrected chi connectivity index (χ0v) is 23.4. The van der Waals surface area contributed by atoms with E-state index in [2.05, 4.69) is 15.1 Å². The summed E-state index contributed by atoms with van der Waals surface area (Å²) in [5.74, 6) is 0.433. The second-order valence-electron chi connectivity index (χ2n) is 8.74. The lowest BCUT2D eigenvalue weighted by molar-refractivity contribution is 0.170. The van der Waals surface area contributed by atoms with Crippen molar-refractivity contribution in [1.82, 2.24) is 15.0 Å². The Morgan fingerprint density at radius 1 is 1.24 bits per heavy atom. The predicted octanol–water partition coefficient (Wildman–Crippen LogP) is 5.72. The number of halogens is 1. The number of hydrogen-bond acceptors (Lipinski definition) is 9. The molecule has 0 aliphatic heterocycles. The molecular weight excluding hydrogens is 509 g/mol. The first-order valence-electron chi connectivity index (χ1n) is 12.0. The summed E-state index contributed by atoms with van der Waals surface area (Å²) in [7, 11) is 5.08. The maximum Gasteiger partial charge on any atom is 0.434 e. The van der Waals surface area contributed by atoms with Gasteiger partial charge in [0, 0.05) is 24.6 Å². The van der Waals surface area contributed by atoms with Gasteiger partial charge >= 0.3 is 6.09 Å². The van der Waals surface area contributed by atoms with E-state index in [9.17, 15) is 4.79 Å². The first-order valence-corrected chi connectivity index (χ1v) is 13.2. The van der Waals surface area contributed by atoms with E-state index in [-0.39, 0.29) is 28.2 Å². The highest BCUT2D eigenvalue weighted by atomic mass is 32.2. The summed E-state index contributed by atoms with van der Waals surface area (Å²) in [6.45, 7) is 6.17. The minimum Gasteiger partial charge on any atom is -0.486 e. The molecule has 3 rings (SSSR count). The SMILES string of the molecule is CCc1cc(OC(C)CN(C)C)c(F)c(C(=Nc2ccc(-c3noc(C)n3)cc2)/C(=N/C(=O)OC)SC)c1. The van der Waals surface area contributed by atoms with Gasteiger partial charge in [-0.1, -0.05) is 12.1 Å². The molecule has 0 N–H and O–H groups in total. The van der Waals surface area contributed by atoms with Crippen LogP contribution in [0.4, 0.5) is 14.9 Å². The lowest BCUT2D eigenvalue weighted by atomic mass is 10.0. The van der Waals surface area contributed by atoms with Crippen LogP contribution in [0.15, 0.2) is 50.9 Å². The summed E-state index contributed by atoms with van der Waals surface area (Å²) in [5.41, 5.74) is 2.46. The third-order valence-electron chi connectivity index (χ3n) is 5.37. The smallest absolute Gasteiger partial charge is 0.434 e.